The molecule has 9 heteroatoms. The van der Waals surface area contributed by atoms with Crippen molar-refractivity contribution in [2.75, 3.05) is 38.1 Å². The van der Waals surface area contributed by atoms with Crippen LogP contribution in [0.2, 0.25) is 0 Å². The van der Waals surface area contributed by atoms with E-state index in [4.69, 9.17) is 9.47 Å². The standard InChI is InChI=1S/C27H33FN2O5S/c1-27(2,32)15-30-9-8-16(13-30)10-17-11-19(28)4-7-23(17)36(33)29-22-6-5-20-21-12-18(21)14-35-25(20)24(22)26(31)34-3/h4-7,11,16,18,21,29,32H,8-10,12-15H2,1-3H3/t16-,18-,21-,36?/m0/s1. The third-order valence-corrected chi connectivity index (χ3v) is 8.46. The Morgan fingerprint density at radius 3 is 2.92 bits per heavy atom. The lowest BCUT2D eigenvalue weighted by atomic mass is 9.98. The van der Waals surface area contributed by atoms with Crippen molar-refractivity contribution in [3.05, 3.63) is 52.8 Å². The summed E-state index contributed by atoms with van der Waals surface area (Å²) < 4.78 is 41.6. The zero-order valence-corrected chi connectivity index (χ0v) is 21.7. The third kappa shape index (κ3) is 5.34. The number of β-amino-alcohol motifs (C(OH)–C–C–N with tert-alkyl or cyclic N) is 1. The van der Waals surface area contributed by atoms with Crippen LogP contribution in [0.4, 0.5) is 10.1 Å². The molecule has 36 heavy (non-hydrogen) atoms. The van der Waals surface area contributed by atoms with Crippen LogP contribution in [0.3, 0.4) is 0 Å². The zero-order valence-electron chi connectivity index (χ0n) is 20.9. The Kier molecular flexibility index (Phi) is 6.93. The number of rotatable bonds is 8. The molecule has 3 aliphatic rings. The number of nitrogens with one attached hydrogen (secondary N) is 1. The van der Waals surface area contributed by atoms with Crippen LogP contribution < -0.4 is 9.46 Å². The molecular formula is C27H33FN2O5S. The molecule has 2 aliphatic heterocycles. The normalized spacial score (nSPS) is 23.9. The van der Waals surface area contributed by atoms with E-state index in [2.05, 4.69) is 9.62 Å². The van der Waals surface area contributed by atoms with E-state index >= 15 is 0 Å². The second-order valence-electron chi connectivity index (χ2n) is 10.8. The summed E-state index contributed by atoms with van der Waals surface area (Å²) in [5.41, 5.74) is 1.49. The van der Waals surface area contributed by atoms with Crippen LogP contribution in [0, 0.1) is 17.7 Å². The molecule has 0 spiro atoms. The monoisotopic (exact) mass is 516 g/mol. The van der Waals surface area contributed by atoms with Crippen molar-refractivity contribution >= 4 is 23.0 Å². The lowest BCUT2D eigenvalue weighted by molar-refractivity contribution is 0.0428. The second kappa shape index (κ2) is 9.85. The Balaban J connectivity index is 1.37. The van der Waals surface area contributed by atoms with E-state index in [1.54, 1.807) is 26.0 Å². The topological polar surface area (TPSA) is 94.1 Å². The van der Waals surface area contributed by atoms with E-state index < -0.39 is 22.9 Å². The van der Waals surface area contributed by atoms with Crippen LogP contribution in [0.25, 0.3) is 0 Å². The van der Waals surface area contributed by atoms with E-state index in [9.17, 15) is 18.8 Å². The lowest BCUT2D eigenvalue weighted by Crippen LogP contribution is -2.37. The highest BCUT2D eigenvalue weighted by molar-refractivity contribution is 7.92. The first kappa shape index (κ1) is 25.3. The molecule has 2 heterocycles. The molecule has 2 fully saturated rings. The minimum Gasteiger partial charge on any atom is -0.588 e. The smallest absolute Gasteiger partial charge is 0.343 e. The molecule has 1 aliphatic carbocycles. The van der Waals surface area contributed by atoms with E-state index in [1.165, 1.54) is 19.2 Å². The Morgan fingerprint density at radius 2 is 2.17 bits per heavy atom. The van der Waals surface area contributed by atoms with E-state index in [-0.39, 0.29) is 17.3 Å². The van der Waals surface area contributed by atoms with Crippen molar-refractivity contribution < 1.29 is 28.3 Å². The number of methoxy groups -OCH3 is 1. The number of likely N-dealkylation sites (tertiary alicyclic amines) is 1. The number of hydrogen-bond acceptors (Lipinski definition) is 7. The molecule has 1 saturated carbocycles. The molecule has 0 bridgehead atoms. The number of carbonyl (C=O) groups excluding carboxylic acids is 1. The molecule has 0 aromatic heterocycles. The van der Waals surface area contributed by atoms with Crippen molar-refractivity contribution in [2.24, 2.45) is 11.8 Å². The first-order chi connectivity index (χ1) is 17.1. The summed E-state index contributed by atoms with van der Waals surface area (Å²) in [5.74, 6) is 0.713. The summed E-state index contributed by atoms with van der Waals surface area (Å²) in [6.07, 6.45) is 2.53. The molecule has 2 N–H and O–H groups in total. The molecule has 1 saturated heterocycles. The Bertz CT molecular complexity index is 1150. The van der Waals surface area contributed by atoms with Crippen LogP contribution >= 0.6 is 0 Å². The summed E-state index contributed by atoms with van der Waals surface area (Å²) >= 11 is -1.74. The lowest BCUT2D eigenvalue weighted by Gasteiger charge is -2.25. The minimum atomic E-state index is -1.74. The highest BCUT2D eigenvalue weighted by atomic mass is 32.2. The van der Waals surface area contributed by atoms with Crippen LogP contribution in [0.1, 0.15) is 54.1 Å². The van der Waals surface area contributed by atoms with Crippen LogP contribution in [-0.4, -0.2) is 59.5 Å². The highest BCUT2D eigenvalue weighted by Gasteiger charge is 2.45. The number of anilines is 1. The van der Waals surface area contributed by atoms with Crippen LogP contribution in [0.15, 0.2) is 35.2 Å². The molecule has 5 rings (SSSR count). The molecule has 0 amide bonds. The molecule has 0 radical (unpaired) electrons. The maximum Gasteiger partial charge on any atom is 0.343 e. The van der Waals surface area contributed by atoms with Crippen LogP contribution in [-0.2, 0) is 22.5 Å². The molecule has 2 aromatic carbocycles. The maximum atomic E-state index is 14.2. The van der Waals surface area contributed by atoms with Crippen molar-refractivity contribution in [3.63, 3.8) is 0 Å². The van der Waals surface area contributed by atoms with Gasteiger partial charge in [-0.15, -0.1) is 0 Å². The van der Waals surface area contributed by atoms with Gasteiger partial charge in [0.05, 0.1) is 19.3 Å². The van der Waals surface area contributed by atoms with Crippen molar-refractivity contribution in [2.45, 2.75) is 49.5 Å². The van der Waals surface area contributed by atoms with Gasteiger partial charge in [0, 0.05) is 24.6 Å². The predicted octanol–water partition coefficient (Wildman–Crippen LogP) is 3.88. The average molecular weight is 517 g/mol. The highest BCUT2D eigenvalue weighted by Crippen LogP contribution is 2.55. The largest absolute Gasteiger partial charge is 0.588 e. The summed E-state index contributed by atoms with van der Waals surface area (Å²) in [4.78, 5) is 15.4. The number of benzene rings is 2. The fourth-order valence-corrected chi connectivity index (χ4v) is 6.62. The Morgan fingerprint density at radius 1 is 1.36 bits per heavy atom. The van der Waals surface area contributed by atoms with Crippen molar-refractivity contribution in [1.82, 2.24) is 4.90 Å². The van der Waals surface area contributed by atoms with E-state index in [0.717, 1.165) is 31.5 Å². The fraction of sp³-hybridized carbons (Fsp3) is 0.519. The van der Waals surface area contributed by atoms with E-state index in [0.29, 0.717) is 53.3 Å². The SMILES string of the molecule is COC(=O)c1c(N[S+]([O-])c2ccc(F)cc2C[C@@H]2CCN(CC(C)(C)O)C2)ccc2c1OC[C@@H]1C[C@H]21. The summed E-state index contributed by atoms with van der Waals surface area (Å²) in [6.45, 7) is 6.36. The molecule has 1 unspecified atom stereocenters. The van der Waals surface area contributed by atoms with Gasteiger partial charge in [0.15, 0.2) is 4.90 Å². The van der Waals surface area contributed by atoms with Crippen LogP contribution in [0.5, 0.6) is 5.75 Å². The van der Waals surface area contributed by atoms with Gasteiger partial charge >= 0.3 is 5.97 Å². The van der Waals surface area contributed by atoms with Crippen molar-refractivity contribution in [3.8, 4) is 5.75 Å². The Labute approximate surface area is 214 Å². The number of aliphatic hydroxyl groups is 1. The van der Waals surface area contributed by atoms with Gasteiger partial charge in [-0.3, -0.25) is 0 Å². The summed E-state index contributed by atoms with van der Waals surface area (Å²) in [6, 6.07) is 7.96. The van der Waals surface area contributed by atoms with E-state index in [1.807, 2.05) is 6.07 Å². The summed E-state index contributed by atoms with van der Waals surface area (Å²) in [7, 11) is 1.31. The predicted molar refractivity (Wildman–Crippen MR) is 135 cm³/mol. The van der Waals surface area contributed by atoms with Gasteiger partial charge in [-0.05, 0) is 81.3 Å². The van der Waals surface area contributed by atoms with Gasteiger partial charge in [-0.25, -0.2) is 13.9 Å². The van der Waals surface area contributed by atoms with Gasteiger partial charge < -0.3 is 24.0 Å². The third-order valence-electron chi connectivity index (χ3n) is 7.26. The molecule has 2 aromatic rings. The zero-order chi connectivity index (χ0) is 25.6. The second-order valence-corrected chi connectivity index (χ2v) is 12.0. The number of halogens is 1. The van der Waals surface area contributed by atoms with Gasteiger partial charge in [0.25, 0.3) is 0 Å². The minimum absolute atomic E-state index is 0.246. The number of ether oxygens (including phenoxy) is 2. The number of fused-ring (bicyclic) bond motifs is 3. The van der Waals surface area contributed by atoms with Gasteiger partial charge in [0.1, 0.15) is 34.2 Å². The quantitative estimate of drug-likeness (QED) is 0.406. The number of nitrogens with zero attached hydrogens (tertiary/aromatic N) is 1. The first-order valence-electron chi connectivity index (χ1n) is 12.4. The average Bonchev–Trinajstić information content (AvgIpc) is 3.50. The Hall–Kier alpha value is -2.33. The molecule has 4 atom stereocenters. The number of hydrogen-bond donors (Lipinski definition) is 2. The van der Waals surface area contributed by atoms with Gasteiger partial charge in [-0.2, -0.15) is 0 Å². The first-order valence-corrected chi connectivity index (χ1v) is 13.6. The molecule has 7 nitrogen and oxygen atoms in total. The maximum absolute atomic E-state index is 14.2. The van der Waals surface area contributed by atoms with Gasteiger partial charge in [-0.1, -0.05) is 6.07 Å². The number of carbonyl (C=O) groups is 1. The number of esters is 1. The fourth-order valence-electron chi connectivity index (χ4n) is 5.56. The summed E-state index contributed by atoms with van der Waals surface area (Å²) in [5, 5.41) is 10.1. The molecular weight excluding hydrogens is 483 g/mol. The molecule has 194 valence electrons. The van der Waals surface area contributed by atoms with Gasteiger partial charge in [0.2, 0.25) is 0 Å². The van der Waals surface area contributed by atoms with Crippen molar-refractivity contribution in [1.29, 1.82) is 0 Å².